The van der Waals surface area contributed by atoms with Crippen molar-refractivity contribution in [1.82, 2.24) is 14.5 Å². The molecule has 0 saturated carbocycles. The smallest absolute Gasteiger partial charge is 0.251 e. The molecule has 1 atom stereocenters. The first kappa shape index (κ1) is 23.3. The predicted octanol–water partition coefficient (Wildman–Crippen LogP) is 2.82. The molecule has 0 saturated heterocycles. The van der Waals surface area contributed by atoms with E-state index < -0.39 is 10.0 Å². The molecule has 1 amide bonds. The third-order valence-electron chi connectivity index (χ3n) is 4.76. The molecule has 0 aliphatic rings. The largest absolute Gasteiger partial charge is 0.495 e. The molecule has 0 fully saturated rings. The number of thiophene rings is 1. The van der Waals surface area contributed by atoms with E-state index in [9.17, 15) is 13.2 Å². The van der Waals surface area contributed by atoms with Crippen molar-refractivity contribution in [2.75, 3.05) is 40.8 Å². The van der Waals surface area contributed by atoms with Gasteiger partial charge in [0.2, 0.25) is 10.0 Å². The molecule has 2 aromatic rings. The summed E-state index contributed by atoms with van der Waals surface area (Å²) in [6, 6.07) is 6.54. The molecular weight excluding hydrogens is 410 g/mol. The van der Waals surface area contributed by atoms with E-state index in [2.05, 4.69) is 10.7 Å². The molecule has 29 heavy (non-hydrogen) atoms. The lowest BCUT2D eigenvalue weighted by atomic mass is 10.1. The highest BCUT2D eigenvalue weighted by molar-refractivity contribution is 7.89. The van der Waals surface area contributed by atoms with Crippen LogP contribution in [-0.4, -0.2) is 64.4 Å². The number of nitrogens with zero attached hydrogens (tertiary/aromatic N) is 2. The monoisotopic (exact) mass is 439 g/mol. The second-order valence-electron chi connectivity index (χ2n) is 6.70. The van der Waals surface area contributed by atoms with E-state index in [4.69, 9.17) is 4.74 Å². The van der Waals surface area contributed by atoms with Gasteiger partial charge in [-0.2, -0.15) is 15.6 Å². The van der Waals surface area contributed by atoms with Gasteiger partial charge in [-0.15, -0.1) is 0 Å². The van der Waals surface area contributed by atoms with Gasteiger partial charge >= 0.3 is 0 Å². The highest BCUT2D eigenvalue weighted by atomic mass is 32.2. The average molecular weight is 440 g/mol. The summed E-state index contributed by atoms with van der Waals surface area (Å²) in [6.07, 6.45) is 0. The first-order chi connectivity index (χ1) is 13.8. The molecule has 0 radical (unpaired) electrons. The maximum absolute atomic E-state index is 13.0. The van der Waals surface area contributed by atoms with Gasteiger partial charge in [0.25, 0.3) is 5.91 Å². The Labute approximate surface area is 177 Å². The zero-order chi connectivity index (χ0) is 21.6. The van der Waals surface area contributed by atoms with Crippen LogP contribution in [0.1, 0.15) is 35.8 Å². The first-order valence-electron chi connectivity index (χ1n) is 9.41. The lowest BCUT2D eigenvalue weighted by Gasteiger charge is -2.24. The molecule has 0 bridgehead atoms. The summed E-state index contributed by atoms with van der Waals surface area (Å²) in [6.45, 7) is 4.63. The van der Waals surface area contributed by atoms with Gasteiger partial charge in [-0.1, -0.05) is 13.8 Å². The Hall–Kier alpha value is -1.94. The molecule has 9 heteroatoms. The van der Waals surface area contributed by atoms with Gasteiger partial charge in [-0.05, 0) is 54.7 Å². The van der Waals surface area contributed by atoms with Crippen LogP contribution >= 0.6 is 11.3 Å². The fraction of sp³-hybridized carbons (Fsp3) is 0.450. The molecule has 1 aromatic heterocycles. The van der Waals surface area contributed by atoms with Crippen LogP contribution < -0.4 is 10.1 Å². The Morgan fingerprint density at radius 1 is 1.21 bits per heavy atom. The Kier molecular flexibility index (Phi) is 8.21. The van der Waals surface area contributed by atoms with Gasteiger partial charge < -0.3 is 15.0 Å². The molecule has 1 heterocycles. The molecule has 2 rings (SSSR count). The number of hydrogen-bond donors (Lipinski definition) is 1. The maximum atomic E-state index is 13.0. The number of hydrogen-bond acceptors (Lipinski definition) is 6. The summed E-state index contributed by atoms with van der Waals surface area (Å²) in [5, 5.41) is 6.97. The van der Waals surface area contributed by atoms with E-state index in [1.54, 1.807) is 31.3 Å². The van der Waals surface area contributed by atoms with Crippen LogP contribution in [-0.2, 0) is 10.0 Å². The van der Waals surface area contributed by atoms with Gasteiger partial charge in [-0.25, -0.2) is 8.42 Å². The molecule has 0 aliphatic heterocycles. The van der Waals surface area contributed by atoms with Gasteiger partial charge in [-0.3, -0.25) is 4.79 Å². The van der Waals surface area contributed by atoms with Crippen molar-refractivity contribution in [1.29, 1.82) is 0 Å². The van der Waals surface area contributed by atoms with Crippen molar-refractivity contribution < 1.29 is 17.9 Å². The number of methoxy groups -OCH3 is 1. The number of carbonyl (C=O) groups is 1. The molecule has 1 N–H and O–H groups in total. The molecule has 1 unspecified atom stereocenters. The fourth-order valence-corrected chi connectivity index (χ4v) is 5.42. The molecule has 0 spiro atoms. The lowest BCUT2D eigenvalue weighted by Crippen LogP contribution is -2.34. The summed E-state index contributed by atoms with van der Waals surface area (Å²) in [5.74, 6) is -0.108. The summed E-state index contributed by atoms with van der Waals surface area (Å²) in [5.41, 5.74) is 1.40. The lowest BCUT2D eigenvalue weighted by molar-refractivity contribution is 0.0941. The average Bonchev–Trinajstić information content (AvgIpc) is 3.22. The number of sulfonamides is 1. The van der Waals surface area contributed by atoms with Gasteiger partial charge in [0.15, 0.2) is 0 Å². The summed E-state index contributed by atoms with van der Waals surface area (Å²) < 4.78 is 32.5. The van der Waals surface area contributed by atoms with Gasteiger partial charge in [0.1, 0.15) is 10.6 Å². The summed E-state index contributed by atoms with van der Waals surface area (Å²) in [7, 11) is 1.57. The van der Waals surface area contributed by atoms with Crippen molar-refractivity contribution in [2.24, 2.45) is 0 Å². The minimum atomic E-state index is -3.76. The summed E-state index contributed by atoms with van der Waals surface area (Å²) >= 11 is 1.61. The quantitative estimate of drug-likeness (QED) is 0.616. The zero-order valence-corrected chi connectivity index (χ0v) is 19.1. The van der Waals surface area contributed by atoms with Crippen molar-refractivity contribution >= 4 is 27.3 Å². The third-order valence-corrected chi connectivity index (χ3v) is 7.53. The van der Waals surface area contributed by atoms with Crippen LogP contribution in [0.4, 0.5) is 0 Å². The number of benzene rings is 1. The Balaban J connectivity index is 2.27. The van der Waals surface area contributed by atoms with Crippen LogP contribution in [0.2, 0.25) is 0 Å². The van der Waals surface area contributed by atoms with Crippen LogP contribution in [0, 0.1) is 0 Å². The molecular formula is C20H29N3O4S2. The number of likely N-dealkylation sites (N-methyl/N-ethyl adjacent to an activating group) is 1. The topological polar surface area (TPSA) is 79.0 Å². The minimum absolute atomic E-state index is 0.00153. The van der Waals surface area contributed by atoms with Crippen LogP contribution in [0.5, 0.6) is 5.75 Å². The zero-order valence-electron chi connectivity index (χ0n) is 17.5. The van der Waals surface area contributed by atoms with Crippen LogP contribution in [0.25, 0.3) is 0 Å². The van der Waals surface area contributed by atoms with Crippen molar-refractivity contribution in [3.8, 4) is 5.75 Å². The van der Waals surface area contributed by atoms with E-state index in [-0.39, 0.29) is 28.2 Å². The van der Waals surface area contributed by atoms with E-state index >= 15 is 0 Å². The summed E-state index contributed by atoms with van der Waals surface area (Å²) in [4.78, 5) is 14.8. The number of nitrogens with one attached hydrogen (secondary N) is 1. The Morgan fingerprint density at radius 3 is 2.41 bits per heavy atom. The minimum Gasteiger partial charge on any atom is -0.495 e. The second-order valence-corrected chi connectivity index (χ2v) is 9.39. The van der Waals surface area contributed by atoms with Crippen molar-refractivity contribution in [2.45, 2.75) is 24.8 Å². The first-order valence-corrected chi connectivity index (χ1v) is 11.8. The third kappa shape index (κ3) is 5.36. The van der Waals surface area contributed by atoms with Crippen molar-refractivity contribution in [3.63, 3.8) is 0 Å². The highest BCUT2D eigenvalue weighted by Crippen LogP contribution is 2.28. The van der Waals surface area contributed by atoms with Gasteiger partial charge in [0.05, 0.1) is 13.2 Å². The van der Waals surface area contributed by atoms with Gasteiger partial charge in [0, 0.05) is 25.2 Å². The normalized spacial score (nSPS) is 12.9. The van der Waals surface area contributed by atoms with E-state index in [0.29, 0.717) is 19.6 Å². The number of ether oxygens (including phenoxy) is 1. The molecule has 160 valence electrons. The standard InChI is InChI=1S/C20H29N3O4S2/c1-6-23(7-2)29(25,26)19-12-15(8-9-18(19)27-5)20(24)21-13-17(22(3)4)16-10-11-28-14-16/h8-12,14,17H,6-7,13H2,1-5H3,(H,21,24). The molecule has 7 nitrogen and oxygen atoms in total. The van der Waals surface area contributed by atoms with E-state index in [1.807, 2.05) is 30.4 Å². The fourth-order valence-electron chi connectivity index (χ4n) is 3.08. The molecule has 0 aliphatic carbocycles. The van der Waals surface area contributed by atoms with E-state index in [0.717, 1.165) is 5.56 Å². The van der Waals surface area contributed by atoms with Crippen molar-refractivity contribution in [3.05, 3.63) is 46.2 Å². The van der Waals surface area contributed by atoms with Crippen LogP contribution in [0.3, 0.4) is 0 Å². The number of rotatable bonds is 10. The maximum Gasteiger partial charge on any atom is 0.251 e. The SMILES string of the molecule is CCN(CC)S(=O)(=O)c1cc(C(=O)NCC(c2ccsc2)N(C)C)ccc1OC. The highest BCUT2D eigenvalue weighted by Gasteiger charge is 2.27. The molecule has 1 aromatic carbocycles. The number of amides is 1. The Bertz CT molecular complexity index is 908. The van der Waals surface area contributed by atoms with Crippen LogP contribution in [0.15, 0.2) is 39.9 Å². The Morgan fingerprint density at radius 2 is 1.90 bits per heavy atom. The predicted molar refractivity (Wildman–Crippen MR) is 116 cm³/mol. The number of carbonyl (C=O) groups excluding carboxylic acids is 1. The second kappa shape index (κ2) is 10.2. The van der Waals surface area contributed by atoms with E-state index in [1.165, 1.54) is 23.5 Å².